The van der Waals surface area contributed by atoms with Crippen molar-refractivity contribution in [1.29, 1.82) is 0 Å². The Bertz CT molecular complexity index is 581. The van der Waals surface area contributed by atoms with Gasteiger partial charge in [0.1, 0.15) is 5.01 Å². The van der Waals surface area contributed by atoms with E-state index in [2.05, 4.69) is 25.3 Å². The topological polar surface area (TPSA) is 61.4 Å². The van der Waals surface area contributed by atoms with Crippen LogP contribution in [-0.2, 0) is 4.79 Å². The molecule has 1 aliphatic carbocycles. The van der Waals surface area contributed by atoms with Crippen LogP contribution in [-0.4, -0.2) is 64.7 Å². The summed E-state index contributed by atoms with van der Waals surface area (Å²) in [5.41, 5.74) is 0. The third-order valence-corrected chi connectivity index (χ3v) is 6.34. The molecule has 3 aliphatic rings. The monoisotopic (exact) mass is 349 g/mol. The molecule has 0 aromatic carbocycles. The second-order valence-corrected chi connectivity index (χ2v) is 8.70. The van der Waals surface area contributed by atoms with Crippen molar-refractivity contribution in [2.75, 3.05) is 38.0 Å². The van der Waals surface area contributed by atoms with E-state index in [0.717, 1.165) is 55.1 Å². The Hall–Kier alpha value is -1.21. The number of piperidine rings is 1. The molecule has 2 saturated heterocycles. The molecule has 132 valence electrons. The minimum absolute atomic E-state index is 0.316. The third kappa shape index (κ3) is 3.72. The van der Waals surface area contributed by atoms with E-state index >= 15 is 0 Å². The van der Waals surface area contributed by atoms with Crippen molar-refractivity contribution in [1.82, 2.24) is 20.0 Å². The highest BCUT2D eigenvalue weighted by atomic mass is 32.1. The van der Waals surface area contributed by atoms with E-state index in [-0.39, 0.29) is 0 Å². The quantitative estimate of drug-likeness (QED) is 0.881. The zero-order valence-corrected chi connectivity index (χ0v) is 15.2. The lowest BCUT2D eigenvalue weighted by Crippen LogP contribution is -2.42. The number of anilines is 1. The summed E-state index contributed by atoms with van der Waals surface area (Å²) in [6, 6.07) is 0.402. The van der Waals surface area contributed by atoms with Crippen LogP contribution in [0.5, 0.6) is 0 Å². The molecule has 7 heteroatoms. The van der Waals surface area contributed by atoms with E-state index in [1.54, 1.807) is 11.3 Å². The van der Waals surface area contributed by atoms with Crippen LogP contribution in [0.25, 0.3) is 0 Å². The molecule has 3 fully saturated rings. The van der Waals surface area contributed by atoms with Crippen LogP contribution >= 0.6 is 11.3 Å². The fourth-order valence-electron chi connectivity index (χ4n) is 4.15. The number of aryl methyl sites for hydroxylation is 1. The van der Waals surface area contributed by atoms with Gasteiger partial charge in [-0.2, -0.15) is 0 Å². The van der Waals surface area contributed by atoms with Crippen molar-refractivity contribution in [2.45, 2.75) is 45.1 Å². The van der Waals surface area contributed by atoms with E-state index in [4.69, 9.17) is 0 Å². The molecule has 3 heterocycles. The predicted molar refractivity (Wildman–Crippen MR) is 95.1 cm³/mol. The number of rotatable bonds is 5. The van der Waals surface area contributed by atoms with Crippen molar-refractivity contribution < 1.29 is 4.79 Å². The Morgan fingerprint density at radius 2 is 2.00 bits per heavy atom. The molecule has 0 unspecified atom stereocenters. The minimum Gasteiger partial charge on any atom is -0.356 e. The number of likely N-dealkylation sites (tertiary alicyclic amines) is 2. The van der Waals surface area contributed by atoms with E-state index < -0.39 is 0 Å². The molecule has 2 aliphatic heterocycles. The van der Waals surface area contributed by atoms with Gasteiger partial charge in [0.2, 0.25) is 11.0 Å². The van der Waals surface area contributed by atoms with Gasteiger partial charge in [-0.25, -0.2) is 0 Å². The van der Waals surface area contributed by atoms with Crippen LogP contribution in [0.2, 0.25) is 0 Å². The summed E-state index contributed by atoms with van der Waals surface area (Å²) in [6.07, 6.45) is 6.27. The van der Waals surface area contributed by atoms with Gasteiger partial charge >= 0.3 is 0 Å². The number of amides is 1. The molecule has 24 heavy (non-hydrogen) atoms. The lowest BCUT2D eigenvalue weighted by Gasteiger charge is -2.28. The van der Waals surface area contributed by atoms with Crippen molar-refractivity contribution in [2.24, 2.45) is 11.8 Å². The molecule has 0 bridgehead atoms. The maximum Gasteiger partial charge on any atom is 0.236 e. The average molecular weight is 350 g/mol. The highest BCUT2D eigenvalue weighted by Gasteiger charge is 2.43. The second kappa shape index (κ2) is 6.96. The van der Waals surface area contributed by atoms with Crippen molar-refractivity contribution in [3.05, 3.63) is 5.01 Å². The standard InChI is InChI=1S/C17H27N5OS/c1-12-19-20-17(24-12)18-15-10-21(9-14(15)13-5-6-13)11-16(23)22-7-3-2-4-8-22/h13-15H,2-11H2,1H3,(H,18,20)/t14-,15+/m1/s1. The SMILES string of the molecule is Cc1nnc(N[C@H]2CN(CC(=O)N3CCCCC3)C[C@@H]2C2CC2)s1. The van der Waals surface area contributed by atoms with Crippen LogP contribution in [0.4, 0.5) is 5.13 Å². The summed E-state index contributed by atoms with van der Waals surface area (Å²) < 4.78 is 0. The van der Waals surface area contributed by atoms with Crippen LogP contribution in [0.1, 0.15) is 37.1 Å². The molecular weight excluding hydrogens is 322 g/mol. The first-order valence-corrected chi connectivity index (χ1v) is 10.1. The van der Waals surface area contributed by atoms with Crippen molar-refractivity contribution >= 4 is 22.4 Å². The summed E-state index contributed by atoms with van der Waals surface area (Å²) in [4.78, 5) is 17.0. The van der Waals surface area contributed by atoms with E-state index in [9.17, 15) is 4.79 Å². The lowest BCUT2D eigenvalue weighted by atomic mass is 9.98. The molecule has 6 nitrogen and oxygen atoms in total. The Balaban J connectivity index is 1.36. The van der Waals surface area contributed by atoms with Gasteiger partial charge in [-0.3, -0.25) is 9.69 Å². The first kappa shape index (κ1) is 16.3. The largest absolute Gasteiger partial charge is 0.356 e. The molecule has 0 spiro atoms. The zero-order valence-electron chi connectivity index (χ0n) is 14.4. The Morgan fingerprint density at radius 1 is 1.21 bits per heavy atom. The summed E-state index contributed by atoms with van der Waals surface area (Å²) in [7, 11) is 0. The average Bonchev–Trinajstić information content (AvgIpc) is 3.24. The first-order valence-electron chi connectivity index (χ1n) is 9.26. The maximum absolute atomic E-state index is 12.6. The van der Waals surface area contributed by atoms with Gasteiger partial charge in [-0.15, -0.1) is 10.2 Å². The molecule has 2 atom stereocenters. The van der Waals surface area contributed by atoms with Gasteiger partial charge in [0.25, 0.3) is 0 Å². The van der Waals surface area contributed by atoms with Crippen molar-refractivity contribution in [3.8, 4) is 0 Å². The van der Waals surface area contributed by atoms with Crippen molar-refractivity contribution in [3.63, 3.8) is 0 Å². The van der Waals surface area contributed by atoms with Gasteiger partial charge in [0.15, 0.2) is 0 Å². The van der Waals surface area contributed by atoms with Gasteiger partial charge in [0.05, 0.1) is 6.54 Å². The normalized spacial score (nSPS) is 28.3. The third-order valence-electron chi connectivity index (χ3n) is 5.57. The van der Waals surface area contributed by atoms with Gasteiger partial charge in [-0.05, 0) is 50.9 Å². The summed E-state index contributed by atoms with van der Waals surface area (Å²) in [6.45, 7) is 6.45. The molecule has 4 rings (SSSR count). The number of nitrogens with one attached hydrogen (secondary N) is 1. The maximum atomic E-state index is 12.6. The molecular formula is C17H27N5OS. The Kier molecular flexibility index (Phi) is 4.72. The first-order chi connectivity index (χ1) is 11.7. The zero-order chi connectivity index (χ0) is 16.5. The number of aromatic nitrogens is 2. The van der Waals surface area contributed by atoms with E-state index in [0.29, 0.717) is 24.4 Å². The van der Waals surface area contributed by atoms with Crippen LogP contribution in [0, 0.1) is 18.8 Å². The van der Waals surface area contributed by atoms with Gasteiger partial charge in [0, 0.05) is 32.2 Å². The molecule has 1 aromatic rings. The Morgan fingerprint density at radius 3 is 2.67 bits per heavy atom. The summed E-state index contributed by atoms with van der Waals surface area (Å²) >= 11 is 1.62. The van der Waals surface area contributed by atoms with E-state index in [1.165, 1.54) is 19.3 Å². The van der Waals surface area contributed by atoms with Crippen LogP contribution < -0.4 is 5.32 Å². The number of nitrogens with zero attached hydrogens (tertiary/aromatic N) is 4. The Labute approximate surface area is 147 Å². The van der Waals surface area contributed by atoms with Gasteiger partial charge < -0.3 is 10.2 Å². The summed E-state index contributed by atoms with van der Waals surface area (Å²) in [5.74, 6) is 1.78. The highest BCUT2D eigenvalue weighted by Crippen LogP contribution is 2.42. The predicted octanol–water partition coefficient (Wildman–Crippen LogP) is 1.98. The molecule has 1 saturated carbocycles. The summed E-state index contributed by atoms with van der Waals surface area (Å²) in [5, 5.41) is 13.8. The number of carbonyl (C=O) groups is 1. The van der Waals surface area contributed by atoms with Crippen LogP contribution in [0.15, 0.2) is 0 Å². The molecule has 0 radical (unpaired) electrons. The molecule has 1 amide bonds. The molecule has 1 aromatic heterocycles. The molecule has 1 N–H and O–H groups in total. The second-order valence-electron chi connectivity index (χ2n) is 7.51. The van der Waals surface area contributed by atoms with Gasteiger partial charge in [-0.1, -0.05) is 11.3 Å². The number of hydrogen-bond acceptors (Lipinski definition) is 6. The minimum atomic E-state index is 0.316. The fraction of sp³-hybridized carbons (Fsp3) is 0.824. The number of hydrogen-bond donors (Lipinski definition) is 1. The van der Waals surface area contributed by atoms with Crippen LogP contribution in [0.3, 0.4) is 0 Å². The fourth-order valence-corrected chi connectivity index (χ4v) is 4.80. The highest BCUT2D eigenvalue weighted by molar-refractivity contribution is 7.15. The lowest BCUT2D eigenvalue weighted by molar-refractivity contribution is -0.133. The smallest absolute Gasteiger partial charge is 0.236 e. The number of carbonyl (C=O) groups excluding carboxylic acids is 1. The van der Waals surface area contributed by atoms with E-state index in [1.807, 2.05) is 6.92 Å².